The van der Waals surface area contributed by atoms with E-state index >= 15 is 0 Å². The number of rotatable bonds is 4. The fraction of sp³-hybridized carbons (Fsp3) is 0.727. The van der Waals surface area contributed by atoms with Crippen LogP contribution < -0.4 is 0 Å². The van der Waals surface area contributed by atoms with E-state index in [9.17, 15) is 0 Å². The molecule has 1 rings (SSSR count). The highest BCUT2D eigenvalue weighted by atomic mass is 32.1. The molecule has 0 aliphatic carbocycles. The third-order valence-corrected chi connectivity index (χ3v) is 2.82. The van der Waals surface area contributed by atoms with Crippen LogP contribution in [0.1, 0.15) is 38.3 Å². The number of hydrogen-bond donors (Lipinski definition) is 0. The highest BCUT2D eigenvalue weighted by Crippen LogP contribution is 2.20. The first-order valence-electron chi connectivity index (χ1n) is 5.00. The number of aromatic nitrogens is 1. The summed E-state index contributed by atoms with van der Waals surface area (Å²) in [5, 5.41) is 0. The molecular weight excluding hydrogens is 178 g/mol. The van der Waals surface area contributed by atoms with E-state index in [0.717, 1.165) is 12.3 Å². The lowest BCUT2D eigenvalue weighted by molar-refractivity contribution is 0.613. The quantitative estimate of drug-likeness (QED) is 0.719. The van der Waals surface area contributed by atoms with Gasteiger partial charge < -0.3 is 0 Å². The van der Waals surface area contributed by atoms with Gasteiger partial charge in [0.05, 0.1) is 11.2 Å². The molecule has 0 bridgehead atoms. The summed E-state index contributed by atoms with van der Waals surface area (Å²) < 4.78 is 0. The molecule has 1 nitrogen and oxygen atoms in total. The Bertz CT molecular complexity index is 226. The van der Waals surface area contributed by atoms with Crippen LogP contribution in [0.15, 0.2) is 5.51 Å². The Labute approximate surface area is 85.2 Å². The molecule has 0 saturated carbocycles. The first-order chi connectivity index (χ1) is 6.09. The highest BCUT2D eigenvalue weighted by molar-refractivity contribution is 7.09. The lowest BCUT2D eigenvalue weighted by Crippen LogP contribution is -2.00. The molecule has 0 unspecified atom stereocenters. The molecule has 1 aromatic heterocycles. The minimum Gasteiger partial charge on any atom is -0.249 e. The Hall–Kier alpha value is -0.370. The molecule has 74 valence electrons. The van der Waals surface area contributed by atoms with E-state index in [4.69, 9.17) is 0 Å². The largest absolute Gasteiger partial charge is 0.249 e. The van der Waals surface area contributed by atoms with Crippen molar-refractivity contribution in [3.8, 4) is 0 Å². The van der Waals surface area contributed by atoms with Crippen molar-refractivity contribution in [2.75, 3.05) is 0 Å². The van der Waals surface area contributed by atoms with Crippen LogP contribution in [0.3, 0.4) is 0 Å². The maximum Gasteiger partial charge on any atom is 0.0797 e. The molecule has 0 atom stereocenters. The summed E-state index contributed by atoms with van der Waals surface area (Å²) in [7, 11) is 0. The van der Waals surface area contributed by atoms with Crippen LogP contribution in [-0.4, -0.2) is 4.98 Å². The van der Waals surface area contributed by atoms with E-state index in [2.05, 4.69) is 32.7 Å². The minimum absolute atomic E-state index is 0.716. The van der Waals surface area contributed by atoms with Gasteiger partial charge >= 0.3 is 0 Å². The standard InChI is InChI=1S/C11H19NS/c1-8(2)5-10-11(6-9(3)4)13-7-12-10/h7-9H,5-6H2,1-4H3. The van der Waals surface area contributed by atoms with Crippen LogP contribution in [0.4, 0.5) is 0 Å². The Morgan fingerprint density at radius 1 is 1.15 bits per heavy atom. The van der Waals surface area contributed by atoms with Crippen molar-refractivity contribution in [3.63, 3.8) is 0 Å². The Morgan fingerprint density at radius 3 is 2.31 bits per heavy atom. The maximum absolute atomic E-state index is 4.43. The van der Waals surface area contributed by atoms with Crippen molar-refractivity contribution in [1.82, 2.24) is 4.98 Å². The monoisotopic (exact) mass is 197 g/mol. The number of thiazole rings is 1. The molecule has 0 fully saturated rings. The minimum atomic E-state index is 0.716. The first kappa shape index (κ1) is 10.7. The molecule has 0 aromatic carbocycles. The van der Waals surface area contributed by atoms with Crippen molar-refractivity contribution < 1.29 is 0 Å². The van der Waals surface area contributed by atoms with Gasteiger partial charge in [-0.1, -0.05) is 27.7 Å². The molecule has 0 N–H and O–H groups in total. The van der Waals surface area contributed by atoms with Gasteiger partial charge in [-0.2, -0.15) is 0 Å². The van der Waals surface area contributed by atoms with E-state index in [1.54, 1.807) is 0 Å². The third-order valence-electron chi connectivity index (χ3n) is 1.92. The molecule has 1 aromatic rings. The van der Waals surface area contributed by atoms with Crippen LogP contribution in [0.2, 0.25) is 0 Å². The van der Waals surface area contributed by atoms with Crippen molar-refractivity contribution in [2.45, 2.75) is 40.5 Å². The SMILES string of the molecule is CC(C)Cc1ncsc1CC(C)C. The Kier molecular flexibility index (Phi) is 3.91. The zero-order chi connectivity index (χ0) is 9.84. The zero-order valence-corrected chi connectivity index (χ0v) is 9.82. The molecular formula is C11H19NS. The zero-order valence-electron chi connectivity index (χ0n) is 9.00. The van der Waals surface area contributed by atoms with Gasteiger partial charge in [0.2, 0.25) is 0 Å². The number of nitrogens with zero attached hydrogens (tertiary/aromatic N) is 1. The summed E-state index contributed by atoms with van der Waals surface area (Å²) in [5.41, 5.74) is 3.31. The van der Waals surface area contributed by atoms with Gasteiger partial charge in [-0.25, -0.2) is 4.98 Å². The summed E-state index contributed by atoms with van der Waals surface area (Å²) in [5.74, 6) is 1.46. The lowest BCUT2D eigenvalue weighted by Gasteiger charge is -2.06. The fourth-order valence-corrected chi connectivity index (χ4v) is 2.39. The first-order valence-corrected chi connectivity index (χ1v) is 5.88. The Balaban J connectivity index is 2.65. The summed E-state index contributed by atoms with van der Waals surface area (Å²) in [6.45, 7) is 9.02. The lowest BCUT2D eigenvalue weighted by atomic mass is 10.0. The molecule has 0 aliphatic heterocycles. The van der Waals surface area contributed by atoms with Crippen LogP contribution in [0.5, 0.6) is 0 Å². The molecule has 0 aliphatic rings. The predicted octanol–water partition coefficient (Wildman–Crippen LogP) is 3.54. The molecule has 0 spiro atoms. The van der Waals surface area contributed by atoms with Crippen molar-refractivity contribution in [3.05, 3.63) is 16.1 Å². The average Bonchev–Trinajstić information content (AvgIpc) is 2.34. The van der Waals surface area contributed by atoms with E-state index in [1.165, 1.54) is 17.0 Å². The second-order valence-electron chi connectivity index (χ2n) is 4.42. The third kappa shape index (κ3) is 3.47. The molecule has 2 heteroatoms. The second-order valence-corrected chi connectivity index (χ2v) is 5.36. The van der Waals surface area contributed by atoms with Crippen LogP contribution >= 0.6 is 11.3 Å². The molecule has 1 heterocycles. The smallest absolute Gasteiger partial charge is 0.0797 e. The van der Waals surface area contributed by atoms with E-state index in [1.807, 2.05) is 16.8 Å². The number of hydrogen-bond acceptors (Lipinski definition) is 2. The van der Waals surface area contributed by atoms with Crippen LogP contribution in [0.25, 0.3) is 0 Å². The highest BCUT2D eigenvalue weighted by Gasteiger charge is 2.09. The average molecular weight is 197 g/mol. The maximum atomic E-state index is 4.43. The van der Waals surface area contributed by atoms with E-state index in [-0.39, 0.29) is 0 Å². The second kappa shape index (κ2) is 4.75. The fourth-order valence-electron chi connectivity index (χ4n) is 1.38. The van der Waals surface area contributed by atoms with Crippen molar-refractivity contribution in [2.24, 2.45) is 11.8 Å². The predicted molar refractivity (Wildman–Crippen MR) is 59.2 cm³/mol. The van der Waals surface area contributed by atoms with Gasteiger partial charge in [0.1, 0.15) is 0 Å². The van der Waals surface area contributed by atoms with Gasteiger partial charge in [-0.15, -0.1) is 11.3 Å². The summed E-state index contributed by atoms with van der Waals surface area (Å²) >= 11 is 1.81. The van der Waals surface area contributed by atoms with Crippen molar-refractivity contribution in [1.29, 1.82) is 0 Å². The Morgan fingerprint density at radius 2 is 1.77 bits per heavy atom. The topological polar surface area (TPSA) is 12.9 Å². The summed E-state index contributed by atoms with van der Waals surface area (Å²) in [4.78, 5) is 5.92. The molecule has 0 radical (unpaired) electrons. The normalized spacial score (nSPS) is 11.5. The molecule has 0 saturated heterocycles. The van der Waals surface area contributed by atoms with Crippen LogP contribution in [0, 0.1) is 11.8 Å². The molecule has 0 amide bonds. The van der Waals surface area contributed by atoms with Gasteiger partial charge in [0, 0.05) is 4.88 Å². The molecule has 13 heavy (non-hydrogen) atoms. The summed E-state index contributed by atoms with van der Waals surface area (Å²) in [6, 6.07) is 0. The van der Waals surface area contributed by atoms with Crippen molar-refractivity contribution >= 4 is 11.3 Å². The summed E-state index contributed by atoms with van der Waals surface area (Å²) in [6.07, 6.45) is 2.32. The van der Waals surface area contributed by atoms with Gasteiger partial charge in [-0.3, -0.25) is 0 Å². The van der Waals surface area contributed by atoms with Crippen LogP contribution in [-0.2, 0) is 12.8 Å². The van der Waals surface area contributed by atoms with E-state index in [0.29, 0.717) is 5.92 Å². The van der Waals surface area contributed by atoms with Gasteiger partial charge in [-0.05, 0) is 24.7 Å². The van der Waals surface area contributed by atoms with Gasteiger partial charge in [0.15, 0.2) is 0 Å². The van der Waals surface area contributed by atoms with E-state index < -0.39 is 0 Å². The van der Waals surface area contributed by atoms with Gasteiger partial charge in [0.25, 0.3) is 0 Å².